The van der Waals surface area contributed by atoms with E-state index in [1.54, 1.807) is 7.05 Å². The van der Waals surface area contributed by atoms with E-state index >= 15 is 0 Å². The Hall–Kier alpha value is -2.70. The molecule has 2 aromatic carbocycles. The molecule has 0 aliphatic rings. The van der Waals surface area contributed by atoms with E-state index in [9.17, 15) is 9.59 Å². The van der Waals surface area contributed by atoms with Gasteiger partial charge in [0.15, 0.2) is 0 Å². The summed E-state index contributed by atoms with van der Waals surface area (Å²) in [5.41, 5.74) is 4.92. The van der Waals surface area contributed by atoms with Gasteiger partial charge in [0.1, 0.15) is 6.61 Å². The number of rotatable bonds is 17. The van der Waals surface area contributed by atoms with Crippen molar-refractivity contribution in [2.45, 2.75) is 58.5 Å². The second kappa shape index (κ2) is 16.8. The minimum Gasteiger partial charge on any atom is -0.377 e. The third kappa shape index (κ3) is 12.5. The molecule has 0 radical (unpaired) electrons. The highest BCUT2D eigenvalue weighted by Crippen LogP contribution is 2.08. The molecule has 2 rings (SSSR count). The van der Waals surface area contributed by atoms with Crippen molar-refractivity contribution in [3.63, 3.8) is 0 Å². The first kappa shape index (κ1) is 27.5. The maximum atomic E-state index is 11.9. The zero-order valence-electron chi connectivity index (χ0n) is 20.7. The molecule has 186 valence electrons. The Kier molecular flexibility index (Phi) is 13.6. The van der Waals surface area contributed by atoms with Gasteiger partial charge in [-0.3, -0.25) is 9.59 Å². The lowest BCUT2D eigenvalue weighted by Crippen LogP contribution is -2.29. The fraction of sp³-hybridized carbons (Fsp3) is 0.500. The van der Waals surface area contributed by atoms with E-state index in [4.69, 9.17) is 9.47 Å². The monoisotopic (exact) mass is 468 g/mol. The van der Waals surface area contributed by atoms with Crippen LogP contribution in [0.2, 0.25) is 0 Å². The molecule has 0 aromatic heterocycles. The van der Waals surface area contributed by atoms with E-state index in [-0.39, 0.29) is 18.4 Å². The second-order valence-electron chi connectivity index (χ2n) is 8.59. The molecule has 6 heteroatoms. The molecular formula is C28H40N2O4. The Morgan fingerprint density at radius 3 is 2.09 bits per heavy atom. The largest absolute Gasteiger partial charge is 0.377 e. The van der Waals surface area contributed by atoms with Gasteiger partial charge in [0, 0.05) is 33.2 Å². The van der Waals surface area contributed by atoms with Crippen LogP contribution in [0.25, 0.3) is 0 Å². The molecule has 0 saturated heterocycles. The molecule has 2 N–H and O–H groups in total. The molecular weight excluding hydrogens is 428 g/mol. The van der Waals surface area contributed by atoms with Gasteiger partial charge in [0.2, 0.25) is 11.8 Å². The minimum atomic E-state index is -0.0695. The maximum Gasteiger partial charge on any atom is 0.246 e. The topological polar surface area (TPSA) is 76.7 Å². The zero-order chi connectivity index (χ0) is 24.4. The fourth-order valence-electron chi connectivity index (χ4n) is 3.46. The molecule has 0 aliphatic heterocycles. The van der Waals surface area contributed by atoms with Crippen molar-refractivity contribution in [2.75, 3.05) is 33.4 Å². The number of aryl methyl sites for hydroxylation is 2. The highest BCUT2D eigenvalue weighted by atomic mass is 16.5. The van der Waals surface area contributed by atoms with E-state index in [0.29, 0.717) is 32.8 Å². The van der Waals surface area contributed by atoms with Gasteiger partial charge in [0.25, 0.3) is 0 Å². The quantitative estimate of drug-likeness (QED) is 0.342. The van der Waals surface area contributed by atoms with Crippen LogP contribution < -0.4 is 10.6 Å². The first-order valence-electron chi connectivity index (χ1n) is 12.3. The minimum absolute atomic E-state index is 0.0695. The van der Waals surface area contributed by atoms with E-state index in [2.05, 4.69) is 66.1 Å². The van der Waals surface area contributed by atoms with Gasteiger partial charge in [-0.05, 0) is 62.1 Å². The first-order valence-corrected chi connectivity index (χ1v) is 12.3. The van der Waals surface area contributed by atoms with Gasteiger partial charge in [-0.25, -0.2) is 0 Å². The van der Waals surface area contributed by atoms with Gasteiger partial charge in [-0.15, -0.1) is 0 Å². The predicted molar refractivity (Wildman–Crippen MR) is 136 cm³/mol. The molecule has 0 spiro atoms. The number of hydrogen-bond donors (Lipinski definition) is 2. The standard InChI is InChI=1S/C28H40N2O4/c1-23-9-11-24(12-10-23)7-3-5-20-34-22-28(32)30-18-17-25-13-15-26(16-14-25)21-33-19-6-4-8-27(31)29-2/h9-16H,3-8,17-22H2,1-2H3,(H,29,31)(H,30,32). The molecule has 2 aromatic rings. The van der Waals surface area contributed by atoms with E-state index in [1.165, 1.54) is 16.7 Å². The second-order valence-corrected chi connectivity index (χ2v) is 8.59. The van der Waals surface area contributed by atoms with E-state index in [0.717, 1.165) is 44.1 Å². The van der Waals surface area contributed by atoms with Crippen molar-refractivity contribution in [1.29, 1.82) is 0 Å². The highest BCUT2D eigenvalue weighted by Gasteiger charge is 2.03. The summed E-state index contributed by atoms with van der Waals surface area (Å²) in [4.78, 5) is 23.1. The molecule has 2 amide bonds. The number of nitrogens with one attached hydrogen (secondary N) is 2. The normalized spacial score (nSPS) is 10.8. The average Bonchev–Trinajstić information content (AvgIpc) is 2.85. The Morgan fingerprint density at radius 1 is 0.735 bits per heavy atom. The maximum absolute atomic E-state index is 11.9. The fourth-order valence-corrected chi connectivity index (χ4v) is 3.46. The summed E-state index contributed by atoms with van der Waals surface area (Å²) in [6.07, 6.45) is 6.09. The van der Waals surface area contributed by atoms with Gasteiger partial charge >= 0.3 is 0 Å². The number of carbonyl (C=O) groups excluding carboxylic acids is 2. The molecule has 34 heavy (non-hydrogen) atoms. The summed E-state index contributed by atoms with van der Waals surface area (Å²) in [5.74, 6) is 0.00357. The SMILES string of the molecule is CNC(=O)CCCCOCc1ccc(CCNC(=O)COCCCCc2ccc(C)cc2)cc1. The van der Waals surface area contributed by atoms with Crippen LogP contribution in [0.1, 0.15) is 54.4 Å². The summed E-state index contributed by atoms with van der Waals surface area (Å²) in [6, 6.07) is 16.9. The Labute approximate surface area is 204 Å². The predicted octanol–water partition coefficient (Wildman–Crippen LogP) is 4.13. The summed E-state index contributed by atoms with van der Waals surface area (Å²) >= 11 is 0. The van der Waals surface area contributed by atoms with Crippen molar-refractivity contribution in [2.24, 2.45) is 0 Å². The summed E-state index contributed by atoms with van der Waals surface area (Å²) < 4.78 is 11.2. The number of ether oxygens (including phenoxy) is 2. The first-order chi connectivity index (χ1) is 16.6. The van der Waals surface area contributed by atoms with Crippen LogP contribution in [0.4, 0.5) is 0 Å². The van der Waals surface area contributed by atoms with Gasteiger partial charge in [-0.2, -0.15) is 0 Å². The summed E-state index contributed by atoms with van der Waals surface area (Å²) in [6.45, 7) is 4.63. The van der Waals surface area contributed by atoms with Crippen LogP contribution in [0.15, 0.2) is 48.5 Å². The van der Waals surface area contributed by atoms with E-state index in [1.807, 2.05) is 0 Å². The molecule has 0 saturated carbocycles. The van der Waals surface area contributed by atoms with Crippen LogP contribution >= 0.6 is 0 Å². The number of unbranched alkanes of at least 4 members (excludes halogenated alkanes) is 2. The van der Waals surface area contributed by atoms with Crippen molar-refractivity contribution in [3.05, 3.63) is 70.8 Å². The van der Waals surface area contributed by atoms with Gasteiger partial charge in [0.05, 0.1) is 6.61 Å². The number of hydrogen-bond acceptors (Lipinski definition) is 4. The van der Waals surface area contributed by atoms with Gasteiger partial charge < -0.3 is 20.1 Å². The zero-order valence-corrected chi connectivity index (χ0v) is 20.7. The lowest BCUT2D eigenvalue weighted by molar-refractivity contribution is -0.125. The lowest BCUT2D eigenvalue weighted by atomic mass is 10.1. The summed E-state index contributed by atoms with van der Waals surface area (Å²) in [7, 11) is 1.65. The Balaban J connectivity index is 1.46. The van der Waals surface area contributed by atoms with E-state index < -0.39 is 0 Å². The van der Waals surface area contributed by atoms with Crippen LogP contribution in [-0.2, 0) is 38.5 Å². The molecule has 0 unspecified atom stereocenters. The Morgan fingerprint density at radius 2 is 1.35 bits per heavy atom. The van der Waals surface area contributed by atoms with Gasteiger partial charge in [-0.1, -0.05) is 54.1 Å². The average molecular weight is 469 g/mol. The van der Waals surface area contributed by atoms with Crippen LogP contribution in [-0.4, -0.2) is 45.2 Å². The van der Waals surface area contributed by atoms with Crippen molar-refractivity contribution < 1.29 is 19.1 Å². The van der Waals surface area contributed by atoms with Crippen LogP contribution in [0.5, 0.6) is 0 Å². The molecule has 0 atom stereocenters. The molecule has 0 aliphatic carbocycles. The number of benzene rings is 2. The van der Waals surface area contributed by atoms with Crippen LogP contribution in [0, 0.1) is 6.92 Å². The van der Waals surface area contributed by atoms with Crippen molar-refractivity contribution in [3.8, 4) is 0 Å². The third-order valence-corrected chi connectivity index (χ3v) is 5.61. The smallest absolute Gasteiger partial charge is 0.246 e. The highest BCUT2D eigenvalue weighted by molar-refractivity contribution is 5.77. The van der Waals surface area contributed by atoms with Crippen LogP contribution in [0.3, 0.4) is 0 Å². The Bertz CT molecular complexity index is 834. The summed E-state index contributed by atoms with van der Waals surface area (Å²) in [5, 5.41) is 5.54. The lowest BCUT2D eigenvalue weighted by Gasteiger charge is -2.08. The molecule has 6 nitrogen and oxygen atoms in total. The van der Waals surface area contributed by atoms with Crippen molar-refractivity contribution in [1.82, 2.24) is 10.6 Å². The van der Waals surface area contributed by atoms with Crippen molar-refractivity contribution >= 4 is 11.8 Å². The number of amides is 2. The molecule has 0 bridgehead atoms. The molecule has 0 heterocycles. The molecule has 0 fully saturated rings. The number of carbonyl (C=O) groups is 2. The third-order valence-electron chi connectivity index (χ3n) is 5.61.